The van der Waals surface area contributed by atoms with Gasteiger partial charge < -0.3 is 15.0 Å². The monoisotopic (exact) mass is 278 g/mol. The maximum atomic E-state index is 5.50. The molecular weight excluding hydrogens is 248 g/mol. The Hall–Kier alpha value is -1.06. The molecule has 0 spiro atoms. The van der Waals surface area contributed by atoms with Crippen LogP contribution in [0.4, 0.5) is 0 Å². The largest absolute Gasteiger partial charge is 0.494 e. The molecule has 1 aromatic rings. The van der Waals surface area contributed by atoms with Crippen LogP contribution in [0.2, 0.25) is 0 Å². The van der Waals surface area contributed by atoms with E-state index in [0.29, 0.717) is 6.04 Å². The average molecular weight is 278 g/mol. The minimum atomic E-state index is 0.378. The smallest absolute Gasteiger partial charge is 0.119 e. The Kier molecular flexibility index (Phi) is 8.31. The van der Waals surface area contributed by atoms with Gasteiger partial charge in [-0.3, -0.25) is 0 Å². The molecule has 3 nitrogen and oxygen atoms in total. The zero-order chi connectivity index (χ0) is 14.8. The van der Waals surface area contributed by atoms with Gasteiger partial charge in [0.05, 0.1) is 6.61 Å². The molecule has 0 heterocycles. The topological polar surface area (TPSA) is 24.5 Å². The van der Waals surface area contributed by atoms with Gasteiger partial charge in [0.25, 0.3) is 0 Å². The molecule has 3 heteroatoms. The predicted octanol–water partition coefficient (Wildman–Crippen LogP) is 3.47. The maximum Gasteiger partial charge on any atom is 0.119 e. The second kappa shape index (κ2) is 9.78. The van der Waals surface area contributed by atoms with Crippen molar-refractivity contribution in [3.05, 3.63) is 29.8 Å². The van der Waals surface area contributed by atoms with E-state index < -0.39 is 0 Å². The third-order valence-corrected chi connectivity index (χ3v) is 3.46. The molecule has 1 N–H and O–H groups in total. The van der Waals surface area contributed by atoms with Crippen molar-refractivity contribution >= 4 is 0 Å². The van der Waals surface area contributed by atoms with E-state index in [4.69, 9.17) is 4.74 Å². The van der Waals surface area contributed by atoms with Crippen molar-refractivity contribution in [1.82, 2.24) is 10.2 Å². The van der Waals surface area contributed by atoms with Crippen molar-refractivity contribution in [2.45, 2.75) is 39.7 Å². The van der Waals surface area contributed by atoms with Crippen molar-refractivity contribution in [3.63, 3.8) is 0 Å². The lowest BCUT2D eigenvalue weighted by molar-refractivity contribution is 0.247. The van der Waals surface area contributed by atoms with Crippen LogP contribution in [0.15, 0.2) is 24.3 Å². The number of likely N-dealkylation sites (N-methyl/N-ethyl adjacent to an activating group) is 1. The van der Waals surface area contributed by atoms with Crippen molar-refractivity contribution in [1.29, 1.82) is 0 Å². The van der Waals surface area contributed by atoms with Crippen LogP contribution in [0.25, 0.3) is 0 Å². The van der Waals surface area contributed by atoms with Crippen molar-refractivity contribution in [2.24, 2.45) is 0 Å². The Morgan fingerprint density at radius 3 is 2.10 bits per heavy atom. The van der Waals surface area contributed by atoms with E-state index in [0.717, 1.165) is 18.9 Å². The van der Waals surface area contributed by atoms with E-state index in [2.05, 4.69) is 48.3 Å². The quantitative estimate of drug-likeness (QED) is 0.709. The number of benzene rings is 1. The lowest BCUT2D eigenvalue weighted by atomic mass is 10.1. The first-order chi connectivity index (χ1) is 9.74. The van der Waals surface area contributed by atoms with E-state index in [1.165, 1.54) is 31.5 Å². The Labute approximate surface area is 124 Å². The van der Waals surface area contributed by atoms with Gasteiger partial charge >= 0.3 is 0 Å². The maximum absolute atomic E-state index is 5.50. The van der Waals surface area contributed by atoms with Gasteiger partial charge in [0.1, 0.15) is 5.75 Å². The van der Waals surface area contributed by atoms with Gasteiger partial charge in [-0.05, 0) is 57.6 Å². The molecular formula is C17H30N2O. The van der Waals surface area contributed by atoms with Gasteiger partial charge in [-0.15, -0.1) is 0 Å². The van der Waals surface area contributed by atoms with Crippen LogP contribution in [0.5, 0.6) is 5.75 Å². The van der Waals surface area contributed by atoms with Crippen LogP contribution in [-0.4, -0.2) is 38.2 Å². The van der Waals surface area contributed by atoms with E-state index >= 15 is 0 Å². The van der Waals surface area contributed by atoms with Crippen LogP contribution in [0.1, 0.15) is 45.2 Å². The molecule has 20 heavy (non-hydrogen) atoms. The molecule has 0 fully saturated rings. The van der Waals surface area contributed by atoms with Crippen LogP contribution < -0.4 is 10.1 Å². The van der Waals surface area contributed by atoms with Gasteiger partial charge in [-0.2, -0.15) is 0 Å². The number of nitrogens with one attached hydrogen (secondary N) is 1. The molecule has 0 radical (unpaired) electrons. The van der Waals surface area contributed by atoms with Gasteiger partial charge in [-0.25, -0.2) is 0 Å². The summed E-state index contributed by atoms with van der Waals surface area (Å²) < 4.78 is 5.50. The van der Waals surface area contributed by atoms with E-state index in [-0.39, 0.29) is 0 Å². The Balaban J connectivity index is 2.68. The van der Waals surface area contributed by atoms with Crippen LogP contribution >= 0.6 is 0 Å². The van der Waals surface area contributed by atoms with Crippen molar-refractivity contribution in [2.75, 3.05) is 33.3 Å². The second-order valence-electron chi connectivity index (χ2n) is 5.14. The van der Waals surface area contributed by atoms with E-state index in [1.807, 2.05) is 14.0 Å². The first kappa shape index (κ1) is 17.0. The summed E-state index contributed by atoms with van der Waals surface area (Å²) in [7, 11) is 2.04. The Bertz CT molecular complexity index is 345. The van der Waals surface area contributed by atoms with Crippen LogP contribution in [0, 0.1) is 0 Å². The SMILES string of the molecule is CCCN(CCC)CC(NC)c1ccc(OCC)cc1. The minimum absolute atomic E-state index is 0.378. The zero-order valence-electron chi connectivity index (χ0n) is 13.5. The summed E-state index contributed by atoms with van der Waals surface area (Å²) in [5.74, 6) is 0.949. The van der Waals surface area contributed by atoms with Crippen LogP contribution in [0.3, 0.4) is 0 Å². The molecule has 1 atom stereocenters. The highest BCUT2D eigenvalue weighted by Crippen LogP contribution is 2.19. The molecule has 0 bridgehead atoms. The van der Waals surface area contributed by atoms with Crippen molar-refractivity contribution < 1.29 is 4.74 Å². The first-order valence-corrected chi connectivity index (χ1v) is 7.87. The molecule has 1 unspecified atom stereocenters. The Morgan fingerprint density at radius 2 is 1.65 bits per heavy atom. The Morgan fingerprint density at radius 1 is 1.05 bits per heavy atom. The molecule has 0 aliphatic carbocycles. The highest BCUT2D eigenvalue weighted by molar-refractivity contribution is 5.29. The van der Waals surface area contributed by atoms with Crippen molar-refractivity contribution in [3.8, 4) is 5.75 Å². The lowest BCUT2D eigenvalue weighted by Gasteiger charge is -2.27. The summed E-state index contributed by atoms with van der Waals surface area (Å²) >= 11 is 0. The number of rotatable bonds is 10. The summed E-state index contributed by atoms with van der Waals surface area (Å²) in [5.41, 5.74) is 1.33. The molecule has 114 valence electrons. The fraction of sp³-hybridized carbons (Fsp3) is 0.647. The third-order valence-electron chi connectivity index (χ3n) is 3.46. The summed E-state index contributed by atoms with van der Waals surface area (Å²) in [5, 5.41) is 3.43. The molecule has 1 aromatic carbocycles. The number of nitrogens with zero attached hydrogens (tertiary/aromatic N) is 1. The molecule has 0 aromatic heterocycles. The molecule has 0 aliphatic rings. The van der Waals surface area contributed by atoms with E-state index in [9.17, 15) is 0 Å². The molecule has 0 saturated heterocycles. The van der Waals surface area contributed by atoms with Gasteiger partial charge in [0.2, 0.25) is 0 Å². The molecule has 1 rings (SSSR count). The van der Waals surface area contributed by atoms with Gasteiger partial charge in [0, 0.05) is 12.6 Å². The minimum Gasteiger partial charge on any atom is -0.494 e. The number of ether oxygens (including phenoxy) is 1. The first-order valence-electron chi connectivity index (χ1n) is 7.87. The average Bonchev–Trinajstić information content (AvgIpc) is 2.46. The molecule has 0 aliphatic heterocycles. The highest BCUT2D eigenvalue weighted by atomic mass is 16.5. The lowest BCUT2D eigenvalue weighted by Crippen LogP contribution is -2.34. The zero-order valence-corrected chi connectivity index (χ0v) is 13.5. The summed E-state index contributed by atoms with van der Waals surface area (Å²) in [4.78, 5) is 2.54. The standard InChI is InChI=1S/C17H30N2O/c1-5-12-19(13-6-2)14-17(18-4)15-8-10-16(11-9-15)20-7-3/h8-11,17-18H,5-7,12-14H2,1-4H3. The fourth-order valence-corrected chi connectivity index (χ4v) is 2.51. The van der Waals surface area contributed by atoms with Crippen LogP contribution in [-0.2, 0) is 0 Å². The summed E-state index contributed by atoms with van der Waals surface area (Å²) in [6.07, 6.45) is 2.42. The van der Waals surface area contributed by atoms with E-state index in [1.54, 1.807) is 0 Å². The highest BCUT2D eigenvalue weighted by Gasteiger charge is 2.13. The predicted molar refractivity (Wildman–Crippen MR) is 86.4 cm³/mol. The summed E-state index contributed by atoms with van der Waals surface area (Å²) in [6.45, 7) is 10.6. The summed E-state index contributed by atoms with van der Waals surface area (Å²) in [6, 6.07) is 8.84. The second-order valence-corrected chi connectivity index (χ2v) is 5.14. The number of hydrogen-bond donors (Lipinski definition) is 1. The van der Waals surface area contributed by atoms with Gasteiger partial charge in [0.15, 0.2) is 0 Å². The molecule has 0 saturated carbocycles. The normalized spacial score (nSPS) is 12.7. The number of hydrogen-bond acceptors (Lipinski definition) is 3. The fourth-order valence-electron chi connectivity index (χ4n) is 2.51. The van der Waals surface area contributed by atoms with Gasteiger partial charge in [-0.1, -0.05) is 26.0 Å². The third kappa shape index (κ3) is 5.51. The molecule has 0 amide bonds.